The summed E-state index contributed by atoms with van der Waals surface area (Å²) in [6.07, 6.45) is 0.232. The number of carbonyl (C=O) groups is 1. The first kappa shape index (κ1) is 17.0. The summed E-state index contributed by atoms with van der Waals surface area (Å²) in [5.74, 6) is 0. The van der Waals surface area contributed by atoms with Crippen LogP contribution in [0, 0.1) is 16.7 Å². The number of hydrogen-bond acceptors (Lipinski definition) is 3. The number of rotatable bonds is 6. The first-order valence-corrected chi connectivity index (χ1v) is 7.01. The summed E-state index contributed by atoms with van der Waals surface area (Å²) >= 11 is 0. The normalized spacial score (nSPS) is 12.3. The van der Waals surface area contributed by atoms with Crippen LogP contribution in [-0.2, 0) is 6.54 Å². The SMILES string of the molecule is C[C@@H](O)CC(C)(C)CNC(=O)NCc1cccc(C#N)c1. The Morgan fingerprint density at radius 3 is 2.76 bits per heavy atom. The van der Waals surface area contributed by atoms with Crippen molar-refractivity contribution in [3.8, 4) is 6.07 Å². The van der Waals surface area contributed by atoms with Gasteiger partial charge >= 0.3 is 6.03 Å². The molecule has 1 rings (SSSR count). The van der Waals surface area contributed by atoms with E-state index in [9.17, 15) is 9.90 Å². The largest absolute Gasteiger partial charge is 0.393 e. The Morgan fingerprint density at radius 1 is 1.43 bits per heavy atom. The van der Waals surface area contributed by atoms with E-state index in [0.717, 1.165) is 5.56 Å². The zero-order chi connectivity index (χ0) is 15.9. The minimum absolute atomic E-state index is 0.160. The highest BCUT2D eigenvalue weighted by molar-refractivity contribution is 5.73. The number of hydrogen-bond donors (Lipinski definition) is 3. The lowest BCUT2D eigenvalue weighted by Gasteiger charge is -2.26. The molecule has 5 heteroatoms. The molecule has 0 heterocycles. The van der Waals surface area contributed by atoms with Crippen molar-refractivity contribution in [3.63, 3.8) is 0 Å². The fourth-order valence-electron chi connectivity index (χ4n) is 2.19. The molecule has 0 spiro atoms. The van der Waals surface area contributed by atoms with Gasteiger partial charge in [-0.2, -0.15) is 5.26 Å². The van der Waals surface area contributed by atoms with Crippen molar-refractivity contribution >= 4 is 6.03 Å². The zero-order valence-electron chi connectivity index (χ0n) is 12.8. The van der Waals surface area contributed by atoms with E-state index in [-0.39, 0.29) is 11.4 Å². The standard InChI is InChI=1S/C16H23N3O2/c1-12(20)8-16(2,3)11-19-15(21)18-10-14-6-4-5-13(7-14)9-17/h4-7,12,20H,8,10-11H2,1-3H3,(H2,18,19,21)/t12-/m1/s1. The summed E-state index contributed by atoms with van der Waals surface area (Å²) in [6.45, 7) is 6.59. The van der Waals surface area contributed by atoms with Gasteiger partial charge in [0.1, 0.15) is 0 Å². The molecule has 0 radical (unpaired) electrons. The van der Waals surface area contributed by atoms with Gasteiger partial charge in [0.15, 0.2) is 0 Å². The molecule has 0 unspecified atom stereocenters. The van der Waals surface area contributed by atoms with Gasteiger partial charge in [0.25, 0.3) is 0 Å². The zero-order valence-corrected chi connectivity index (χ0v) is 12.8. The number of carbonyl (C=O) groups excluding carboxylic acids is 1. The van der Waals surface area contributed by atoms with Gasteiger partial charge < -0.3 is 15.7 Å². The van der Waals surface area contributed by atoms with Crippen molar-refractivity contribution in [1.29, 1.82) is 5.26 Å². The Labute approximate surface area is 126 Å². The molecular weight excluding hydrogens is 266 g/mol. The van der Waals surface area contributed by atoms with Crippen LogP contribution in [0.4, 0.5) is 4.79 Å². The summed E-state index contributed by atoms with van der Waals surface area (Å²) in [7, 11) is 0. The maximum atomic E-state index is 11.8. The second-order valence-electron chi connectivity index (χ2n) is 6.07. The average Bonchev–Trinajstić information content (AvgIpc) is 2.42. The van der Waals surface area contributed by atoms with Crippen molar-refractivity contribution in [2.24, 2.45) is 5.41 Å². The second-order valence-corrected chi connectivity index (χ2v) is 6.07. The molecule has 0 saturated heterocycles. The van der Waals surface area contributed by atoms with Gasteiger partial charge in [0.2, 0.25) is 0 Å². The number of nitrogens with zero attached hydrogens (tertiary/aromatic N) is 1. The molecule has 0 fully saturated rings. The fourth-order valence-corrected chi connectivity index (χ4v) is 2.19. The van der Waals surface area contributed by atoms with Crippen LogP contribution in [0.1, 0.15) is 38.3 Å². The highest BCUT2D eigenvalue weighted by atomic mass is 16.3. The Morgan fingerprint density at radius 2 is 2.14 bits per heavy atom. The fraction of sp³-hybridized carbons (Fsp3) is 0.500. The third-order valence-corrected chi connectivity index (χ3v) is 3.08. The summed E-state index contributed by atoms with van der Waals surface area (Å²) in [5, 5.41) is 23.8. The molecule has 0 aliphatic rings. The van der Waals surface area contributed by atoms with E-state index in [4.69, 9.17) is 5.26 Å². The minimum Gasteiger partial charge on any atom is -0.393 e. The predicted molar refractivity (Wildman–Crippen MR) is 81.5 cm³/mol. The molecule has 21 heavy (non-hydrogen) atoms. The number of nitriles is 1. The van der Waals surface area contributed by atoms with E-state index in [1.54, 1.807) is 25.1 Å². The lowest BCUT2D eigenvalue weighted by molar-refractivity contribution is 0.129. The Balaban J connectivity index is 2.39. The van der Waals surface area contributed by atoms with Crippen molar-refractivity contribution in [2.75, 3.05) is 6.54 Å². The number of aliphatic hydroxyl groups is 1. The number of aliphatic hydroxyl groups excluding tert-OH is 1. The van der Waals surface area contributed by atoms with Crippen molar-refractivity contribution in [2.45, 2.75) is 39.8 Å². The number of amides is 2. The van der Waals surface area contributed by atoms with Crippen LogP contribution >= 0.6 is 0 Å². The van der Waals surface area contributed by atoms with Crippen LogP contribution in [0.25, 0.3) is 0 Å². The molecule has 0 aromatic heterocycles. The quantitative estimate of drug-likeness (QED) is 0.750. The average molecular weight is 289 g/mol. The summed E-state index contributed by atoms with van der Waals surface area (Å²) in [6, 6.07) is 8.94. The molecule has 0 saturated carbocycles. The second kappa shape index (κ2) is 7.65. The molecule has 5 nitrogen and oxygen atoms in total. The third-order valence-electron chi connectivity index (χ3n) is 3.08. The van der Waals surface area contributed by atoms with Crippen LogP contribution in [-0.4, -0.2) is 23.8 Å². The van der Waals surface area contributed by atoms with E-state index in [1.165, 1.54) is 0 Å². The maximum Gasteiger partial charge on any atom is 0.315 e. The predicted octanol–water partition coefficient (Wildman–Crippen LogP) is 2.15. The first-order chi connectivity index (χ1) is 9.82. The van der Waals surface area contributed by atoms with Crippen molar-refractivity contribution in [3.05, 3.63) is 35.4 Å². The smallest absolute Gasteiger partial charge is 0.315 e. The molecule has 0 bridgehead atoms. The summed E-state index contributed by atoms with van der Waals surface area (Å²) < 4.78 is 0. The molecule has 0 aliphatic heterocycles. The Hall–Kier alpha value is -2.06. The molecular formula is C16H23N3O2. The molecule has 114 valence electrons. The first-order valence-electron chi connectivity index (χ1n) is 7.01. The van der Waals surface area contributed by atoms with Crippen molar-refractivity contribution < 1.29 is 9.90 Å². The highest BCUT2D eigenvalue weighted by Gasteiger charge is 2.20. The summed E-state index contributed by atoms with van der Waals surface area (Å²) in [4.78, 5) is 11.8. The van der Waals surface area contributed by atoms with Crippen LogP contribution in [0.3, 0.4) is 0 Å². The Kier molecular flexibility index (Phi) is 6.19. The number of benzene rings is 1. The number of nitrogens with one attached hydrogen (secondary N) is 2. The molecule has 2 amide bonds. The van der Waals surface area contributed by atoms with Gasteiger partial charge in [-0.05, 0) is 36.5 Å². The number of urea groups is 1. The Bertz CT molecular complexity index is 518. The molecule has 1 aromatic rings. The van der Waals surface area contributed by atoms with Crippen LogP contribution in [0.2, 0.25) is 0 Å². The van der Waals surface area contributed by atoms with Gasteiger partial charge in [0, 0.05) is 13.1 Å². The van der Waals surface area contributed by atoms with Gasteiger partial charge in [0.05, 0.1) is 17.7 Å². The van der Waals surface area contributed by atoms with Crippen LogP contribution < -0.4 is 10.6 Å². The topological polar surface area (TPSA) is 85.2 Å². The third kappa shape index (κ3) is 6.77. The van der Waals surface area contributed by atoms with E-state index in [0.29, 0.717) is 25.1 Å². The molecule has 3 N–H and O–H groups in total. The molecule has 0 aliphatic carbocycles. The van der Waals surface area contributed by atoms with E-state index in [1.807, 2.05) is 19.9 Å². The van der Waals surface area contributed by atoms with Gasteiger partial charge in [-0.3, -0.25) is 0 Å². The van der Waals surface area contributed by atoms with Gasteiger partial charge in [-0.1, -0.05) is 26.0 Å². The van der Waals surface area contributed by atoms with Crippen LogP contribution in [0.15, 0.2) is 24.3 Å². The van der Waals surface area contributed by atoms with E-state index < -0.39 is 6.10 Å². The molecule has 1 aromatic carbocycles. The monoisotopic (exact) mass is 289 g/mol. The van der Waals surface area contributed by atoms with Crippen molar-refractivity contribution in [1.82, 2.24) is 10.6 Å². The maximum absolute atomic E-state index is 11.8. The van der Waals surface area contributed by atoms with Crippen LogP contribution in [0.5, 0.6) is 0 Å². The van der Waals surface area contributed by atoms with E-state index >= 15 is 0 Å². The highest BCUT2D eigenvalue weighted by Crippen LogP contribution is 2.20. The van der Waals surface area contributed by atoms with Gasteiger partial charge in [-0.15, -0.1) is 0 Å². The van der Waals surface area contributed by atoms with E-state index in [2.05, 4.69) is 16.7 Å². The molecule has 1 atom stereocenters. The summed E-state index contributed by atoms with van der Waals surface area (Å²) in [5.41, 5.74) is 1.30. The minimum atomic E-state index is -0.390. The van der Waals surface area contributed by atoms with Gasteiger partial charge in [-0.25, -0.2) is 4.79 Å². The lowest BCUT2D eigenvalue weighted by Crippen LogP contribution is -2.41. The lowest BCUT2D eigenvalue weighted by atomic mass is 9.87.